The minimum Gasteiger partial charge on any atom is -0.446 e. The lowest BCUT2D eigenvalue weighted by Gasteiger charge is -1.97. The second-order valence-electron chi connectivity index (χ2n) is 2.33. The Morgan fingerprint density at radius 1 is 1.67 bits per heavy atom. The van der Waals surface area contributed by atoms with Crippen molar-refractivity contribution in [1.29, 1.82) is 0 Å². The predicted molar refractivity (Wildman–Crippen MR) is 40.9 cm³/mol. The Morgan fingerprint density at radius 3 is 2.75 bits per heavy atom. The zero-order chi connectivity index (χ0) is 9.19. The van der Waals surface area contributed by atoms with Crippen LogP contribution in [0, 0.1) is 6.92 Å². The van der Waals surface area contributed by atoms with Crippen molar-refractivity contribution in [3.8, 4) is 0 Å². The third-order valence-corrected chi connectivity index (χ3v) is 1.79. The van der Waals surface area contributed by atoms with Crippen LogP contribution in [0.4, 0.5) is 0 Å². The van der Waals surface area contributed by atoms with Crippen molar-refractivity contribution < 1.29 is 17.0 Å². The summed E-state index contributed by atoms with van der Waals surface area (Å²) in [7, 11) is -3.40. The fraction of sp³-hybridized carbons (Fsp3) is 0.500. The lowest BCUT2D eigenvalue weighted by atomic mass is 10.4. The average molecular weight is 191 g/mol. The van der Waals surface area contributed by atoms with Crippen molar-refractivity contribution in [2.45, 2.75) is 13.5 Å². The molecule has 6 heteroatoms. The molecule has 0 aliphatic heterocycles. The molecule has 0 bridgehead atoms. The van der Waals surface area contributed by atoms with Gasteiger partial charge in [0.2, 0.25) is 0 Å². The van der Waals surface area contributed by atoms with Gasteiger partial charge in [-0.2, -0.15) is 8.42 Å². The van der Waals surface area contributed by atoms with Crippen molar-refractivity contribution in [2.75, 3.05) is 6.26 Å². The highest BCUT2D eigenvalue weighted by atomic mass is 32.2. The molecule has 0 aliphatic rings. The minimum atomic E-state index is -3.40. The Labute approximate surface area is 70.5 Å². The van der Waals surface area contributed by atoms with Gasteiger partial charge >= 0.3 is 0 Å². The summed E-state index contributed by atoms with van der Waals surface area (Å²) in [5.74, 6) is 0.431. The molecular weight excluding hydrogens is 182 g/mol. The van der Waals surface area contributed by atoms with Crippen LogP contribution < -0.4 is 0 Å². The number of nitrogens with zero attached hydrogens (tertiary/aromatic N) is 1. The summed E-state index contributed by atoms with van der Waals surface area (Å²) < 4.78 is 30.5. The summed E-state index contributed by atoms with van der Waals surface area (Å²) in [6, 6.07) is 0. The molecule has 0 unspecified atom stereocenters. The third kappa shape index (κ3) is 2.63. The number of rotatable bonds is 3. The monoisotopic (exact) mass is 191 g/mol. The summed E-state index contributed by atoms with van der Waals surface area (Å²) in [4.78, 5) is 3.78. The number of hydrogen-bond donors (Lipinski definition) is 0. The van der Waals surface area contributed by atoms with Gasteiger partial charge in [-0.3, -0.25) is 4.18 Å². The molecule has 0 saturated heterocycles. The van der Waals surface area contributed by atoms with Crippen LogP contribution in [0.2, 0.25) is 0 Å². The van der Waals surface area contributed by atoms with Gasteiger partial charge in [-0.1, -0.05) is 0 Å². The maximum absolute atomic E-state index is 10.6. The molecule has 68 valence electrons. The lowest BCUT2D eigenvalue weighted by Crippen LogP contribution is -2.02. The number of hydrogen-bond acceptors (Lipinski definition) is 5. The molecule has 0 radical (unpaired) electrons. The van der Waals surface area contributed by atoms with Crippen LogP contribution in [-0.4, -0.2) is 19.7 Å². The van der Waals surface area contributed by atoms with E-state index >= 15 is 0 Å². The van der Waals surface area contributed by atoms with E-state index in [0.717, 1.165) is 6.26 Å². The zero-order valence-corrected chi connectivity index (χ0v) is 7.59. The van der Waals surface area contributed by atoms with E-state index in [0.29, 0.717) is 11.5 Å². The normalized spacial score (nSPS) is 11.8. The van der Waals surface area contributed by atoms with Gasteiger partial charge in [0.15, 0.2) is 12.2 Å². The highest BCUT2D eigenvalue weighted by Crippen LogP contribution is 2.07. The third-order valence-electron chi connectivity index (χ3n) is 1.25. The topological polar surface area (TPSA) is 69.4 Å². The molecule has 0 aliphatic carbocycles. The SMILES string of the molecule is Cc1ncoc1COS(C)(=O)=O. The number of aryl methyl sites for hydroxylation is 1. The van der Waals surface area contributed by atoms with Gasteiger partial charge in [-0.05, 0) is 6.92 Å². The first-order chi connectivity index (χ1) is 5.49. The van der Waals surface area contributed by atoms with Gasteiger partial charge in [0.1, 0.15) is 6.61 Å². The van der Waals surface area contributed by atoms with Crippen molar-refractivity contribution in [3.63, 3.8) is 0 Å². The van der Waals surface area contributed by atoms with E-state index in [1.165, 1.54) is 6.39 Å². The van der Waals surface area contributed by atoms with Crippen LogP contribution >= 0.6 is 0 Å². The first-order valence-electron chi connectivity index (χ1n) is 3.22. The molecule has 1 aromatic heterocycles. The standard InChI is InChI=1S/C6H9NO4S/c1-5-6(10-4-7-5)3-11-12(2,8)9/h4H,3H2,1-2H3. The van der Waals surface area contributed by atoms with E-state index in [1.54, 1.807) is 6.92 Å². The summed E-state index contributed by atoms with van der Waals surface area (Å²) >= 11 is 0. The summed E-state index contributed by atoms with van der Waals surface area (Å²) in [6.07, 6.45) is 2.23. The quantitative estimate of drug-likeness (QED) is 0.649. The molecule has 0 fully saturated rings. The molecule has 0 spiro atoms. The summed E-state index contributed by atoms with van der Waals surface area (Å²) in [5.41, 5.74) is 0.638. The first kappa shape index (κ1) is 9.21. The fourth-order valence-electron chi connectivity index (χ4n) is 0.625. The van der Waals surface area contributed by atoms with Crippen LogP contribution in [0.1, 0.15) is 11.5 Å². The largest absolute Gasteiger partial charge is 0.446 e. The van der Waals surface area contributed by atoms with Crippen LogP contribution in [-0.2, 0) is 20.9 Å². The first-order valence-corrected chi connectivity index (χ1v) is 5.04. The molecule has 1 rings (SSSR count). The van der Waals surface area contributed by atoms with Crippen molar-refractivity contribution in [3.05, 3.63) is 17.8 Å². The van der Waals surface area contributed by atoms with Gasteiger partial charge in [0, 0.05) is 0 Å². The summed E-state index contributed by atoms with van der Waals surface area (Å²) in [5, 5.41) is 0. The summed E-state index contributed by atoms with van der Waals surface area (Å²) in [6.45, 7) is 1.62. The van der Waals surface area contributed by atoms with E-state index in [1.807, 2.05) is 0 Å². The van der Waals surface area contributed by atoms with Crippen LogP contribution in [0.15, 0.2) is 10.8 Å². The van der Waals surface area contributed by atoms with Gasteiger partial charge in [-0.15, -0.1) is 0 Å². The molecule has 0 atom stereocenters. The van der Waals surface area contributed by atoms with Gasteiger partial charge < -0.3 is 4.42 Å². The van der Waals surface area contributed by atoms with E-state index in [2.05, 4.69) is 9.17 Å². The molecule has 1 heterocycles. The molecule has 0 saturated carbocycles. The second kappa shape index (κ2) is 3.24. The highest BCUT2D eigenvalue weighted by Gasteiger charge is 2.07. The maximum atomic E-state index is 10.6. The van der Waals surface area contributed by atoms with Crippen LogP contribution in [0.3, 0.4) is 0 Å². The zero-order valence-electron chi connectivity index (χ0n) is 6.77. The predicted octanol–water partition coefficient (Wildman–Crippen LogP) is 0.459. The van der Waals surface area contributed by atoms with Crippen molar-refractivity contribution >= 4 is 10.1 Å². The molecule has 12 heavy (non-hydrogen) atoms. The molecule has 0 amide bonds. The second-order valence-corrected chi connectivity index (χ2v) is 3.97. The smallest absolute Gasteiger partial charge is 0.264 e. The van der Waals surface area contributed by atoms with E-state index in [4.69, 9.17) is 4.42 Å². The van der Waals surface area contributed by atoms with Crippen LogP contribution in [0.25, 0.3) is 0 Å². The Morgan fingerprint density at radius 2 is 2.33 bits per heavy atom. The highest BCUT2D eigenvalue weighted by molar-refractivity contribution is 7.85. The Kier molecular flexibility index (Phi) is 2.49. The molecule has 1 aromatic rings. The van der Waals surface area contributed by atoms with Gasteiger partial charge in [0.05, 0.1) is 11.9 Å². The fourth-order valence-corrected chi connectivity index (χ4v) is 0.946. The van der Waals surface area contributed by atoms with Crippen LogP contribution in [0.5, 0.6) is 0 Å². The molecule has 0 aromatic carbocycles. The van der Waals surface area contributed by atoms with E-state index in [9.17, 15) is 8.42 Å². The Bertz CT molecular complexity index is 353. The van der Waals surface area contributed by atoms with Gasteiger partial charge in [0.25, 0.3) is 10.1 Å². The van der Waals surface area contributed by atoms with E-state index in [-0.39, 0.29) is 6.61 Å². The van der Waals surface area contributed by atoms with Gasteiger partial charge in [-0.25, -0.2) is 4.98 Å². The number of oxazole rings is 1. The van der Waals surface area contributed by atoms with E-state index < -0.39 is 10.1 Å². The molecule has 5 nitrogen and oxygen atoms in total. The molecule has 0 N–H and O–H groups in total. The van der Waals surface area contributed by atoms with Crippen molar-refractivity contribution in [2.24, 2.45) is 0 Å². The molecular formula is C6H9NO4S. The van der Waals surface area contributed by atoms with Crippen molar-refractivity contribution in [1.82, 2.24) is 4.98 Å². The number of aromatic nitrogens is 1. The maximum Gasteiger partial charge on any atom is 0.264 e. The Hall–Kier alpha value is -0.880. The average Bonchev–Trinajstić information content (AvgIpc) is 2.29. The Balaban J connectivity index is 2.61. The minimum absolute atomic E-state index is 0.0926. The lowest BCUT2D eigenvalue weighted by molar-refractivity contribution is 0.276.